The zero-order valence-corrected chi connectivity index (χ0v) is 12.5. The molecule has 0 saturated heterocycles. The molecule has 0 atom stereocenters. The Hall–Kier alpha value is -1.58. The predicted octanol–water partition coefficient (Wildman–Crippen LogP) is 1.53. The summed E-state index contributed by atoms with van der Waals surface area (Å²) in [5, 5.41) is 0. The van der Waals surface area contributed by atoms with E-state index in [0.717, 1.165) is 6.54 Å². The first kappa shape index (κ1) is 14.5. The van der Waals surface area contributed by atoms with Crippen LogP contribution in [0.2, 0.25) is 0 Å². The smallest absolute Gasteiger partial charge is 0.240 e. The van der Waals surface area contributed by atoms with Crippen molar-refractivity contribution < 1.29 is 9.13 Å². The van der Waals surface area contributed by atoms with E-state index in [1.54, 1.807) is 0 Å². The maximum absolute atomic E-state index is 2.21. The van der Waals surface area contributed by atoms with E-state index in [9.17, 15) is 0 Å². The van der Waals surface area contributed by atoms with Gasteiger partial charge in [-0.25, -0.2) is 18.3 Å². The molecule has 0 aliphatic rings. The van der Waals surface area contributed by atoms with Crippen LogP contribution < -0.4 is 9.13 Å². The van der Waals surface area contributed by atoms with E-state index < -0.39 is 0 Å². The molecule has 0 aliphatic heterocycles. The monoisotopic (exact) mass is 250 g/mol. The van der Waals surface area contributed by atoms with Crippen LogP contribution in [0, 0.1) is 6.92 Å². The minimum Gasteiger partial charge on any atom is -0.240 e. The summed E-state index contributed by atoms with van der Waals surface area (Å²) in [5.74, 6) is 1.30. The summed E-state index contributed by atoms with van der Waals surface area (Å²) in [4.78, 5) is 0. The zero-order valence-electron chi connectivity index (χ0n) is 12.5. The molecule has 2 rings (SSSR count). The van der Waals surface area contributed by atoms with Crippen molar-refractivity contribution in [3.8, 4) is 0 Å². The minimum absolute atomic E-state index is 0.575. The fourth-order valence-corrected chi connectivity index (χ4v) is 1.71. The second-order valence-corrected chi connectivity index (χ2v) is 4.86. The Morgan fingerprint density at radius 2 is 1.89 bits per heavy atom. The summed E-state index contributed by atoms with van der Waals surface area (Å²) >= 11 is 0. The number of aryl methyl sites for hydroxylation is 3. The molecule has 0 bridgehead atoms. The first-order valence-corrected chi connectivity index (χ1v) is 6.49. The van der Waals surface area contributed by atoms with Crippen LogP contribution in [0.5, 0.6) is 0 Å². The van der Waals surface area contributed by atoms with Crippen molar-refractivity contribution in [1.29, 1.82) is 0 Å². The number of hydrogen-bond acceptors (Lipinski definition) is 0. The second-order valence-electron chi connectivity index (χ2n) is 4.86. The molecule has 0 spiro atoms. The third kappa shape index (κ3) is 3.72. The Labute approximate surface area is 110 Å². The van der Waals surface area contributed by atoms with Crippen molar-refractivity contribution in [3.63, 3.8) is 0 Å². The van der Waals surface area contributed by atoms with Gasteiger partial charge in [-0.3, -0.25) is 0 Å². The molecule has 4 nitrogen and oxygen atoms in total. The van der Waals surface area contributed by atoms with Gasteiger partial charge in [-0.2, -0.15) is 0 Å². The summed E-state index contributed by atoms with van der Waals surface area (Å²) in [6.07, 6.45) is 10.4. The molecule has 2 heterocycles. The molecule has 0 aromatic carbocycles. The molecule has 0 saturated carbocycles. The SMILES string of the molecule is CC(C)n1cc[n+](C)c1.CC[n+]1ccn(C)c1C. The molecule has 2 aromatic rings. The summed E-state index contributed by atoms with van der Waals surface area (Å²) in [7, 11) is 4.08. The van der Waals surface area contributed by atoms with Gasteiger partial charge in [-0.05, 0) is 20.8 Å². The Bertz CT molecular complexity index is 480. The Morgan fingerprint density at radius 1 is 1.22 bits per heavy atom. The van der Waals surface area contributed by atoms with Crippen molar-refractivity contribution in [2.45, 2.75) is 40.3 Å². The number of imidazole rings is 2. The van der Waals surface area contributed by atoms with E-state index in [-0.39, 0.29) is 0 Å². The molecule has 0 radical (unpaired) electrons. The van der Waals surface area contributed by atoms with Crippen molar-refractivity contribution in [2.75, 3.05) is 0 Å². The van der Waals surface area contributed by atoms with Gasteiger partial charge in [0.1, 0.15) is 24.8 Å². The summed E-state index contributed by atoms with van der Waals surface area (Å²) < 4.78 is 8.53. The molecular formula is C14H26N4+2. The molecule has 4 heteroatoms. The number of aromatic nitrogens is 4. The van der Waals surface area contributed by atoms with Crippen molar-refractivity contribution in [1.82, 2.24) is 9.13 Å². The van der Waals surface area contributed by atoms with Gasteiger partial charge >= 0.3 is 0 Å². The number of nitrogens with zero attached hydrogens (tertiary/aromatic N) is 4. The fraction of sp³-hybridized carbons (Fsp3) is 0.571. The lowest BCUT2D eigenvalue weighted by Gasteiger charge is -1.95. The van der Waals surface area contributed by atoms with Gasteiger partial charge in [0.05, 0.1) is 26.7 Å². The van der Waals surface area contributed by atoms with E-state index in [1.165, 1.54) is 5.82 Å². The highest BCUT2D eigenvalue weighted by molar-refractivity contribution is 4.76. The van der Waals surface area contributed by atoms with E-state index in [4.69, 9.17) is 0 Å². The van der Waals surface area contributed by atoms with Crippen molar-refractivity contribution >= 4 is 0 Å². The lowest BCUT2D eigenvalue weighted by Crippen LogP contribution is -2.33. The van der Waals surface area contributed by atoms with Crippen molar-refractivity contribution in [3.05, 3.63) is 36.9 Å². The van der Waals surface area contributed by atoms with E-state index in [2.05, 4.69) is 73.4 Å². The molecular weight excluding hydrogens is 224 g/mol. The van der Waals surface area contributed by atoms with Crippen LogP contribution in [0.4, 0.5) is 0 Å². The third-order valence-corrected chi connectivity index (χ3v) is 3.12. The standard InChI is InChI=1S/2C7H13N2/c1-7(2)9-5-4-8(3)6-9;1-4-9-6-5-8(3)7(9)2/h4-7H,1-3H3;5-6H,4H2,1-3H3/q2*+1. The highest BCUT2D eigenvalue weighted by Crippen LogP contribution is 1.98. The third-order valence-electron chi connectivity index (χ3n) is 3.12. The van der Waals surface area contributed by atoms with Gasteiger partial charge in [0.15, 0.2) is 0 Å². The topological polar surface area (TPSA) is 17.6 Å². The second kappa shape index (κ2) is 6.38. The lowest BCUT2D eigenvalue weighted by atomic mass is 10.4. The number of hydrogen-bond donors (Lipinski definition) is 0. The maximum Gasteiger partial charge on any atom is 0.252 e. The maximum atomic E-state index is 2.21. The van der Waals surface area contributed by atoms with Gasteiger partial charge in [0.2, 0.25) is 6.33 Å². The first-order chi connectivity index (χ1) is 8.45. The van der Waals surface area contributed by atoms with Crippen LogP contribution in [-0.2, 0) is 20.6 Å². The molecule has 0 amide bonds. The predicted molar refractivity (Wildman–Crippen MR) is 72.0 cm³/mol. The largest absolute Gasteiger partial charge is 0.252 e. The van der Waals surface area contributed by atoms with Crippen LogP contribution in [0.25, 0.3) is 0 Å². The van der Waals surface area contributed by atoms with E-state index in [1.807, 2.05) is 17.8 Å². The summed E-state index contributed by atoms with van der Waals surface area (Å²) in [5.41, 5.74) is 0. The summed E-state index contributed by atoms with van der Waals surface area (Å²) in [6, 6.07) is 0.575. The zero-order chi connectivity index (χ0) is 13.7. The molecule has 0 unspecified atom stereocenters. The Morgan fingerprint density at radius 3 is 2.11 bits per heavy atom. The highest BCUT2D eigenvalue weighted by Gasteiger charge is 2.04. The quantitative estimate of drug-likeness (QED) is 0.720. The highest BCUT2D eigenvalue weighted by atomic mass is 15.1. The fourth-order valence-electron chi connectivity index (χ4n) is 1.71. The molecule has 2 aromatic heterocycles. The van der Waals surface area contributed by atoms with Gasteiger partial charge in [-0.15, -0.1) is 0 Å². The number of rotatable bonds is 2. The van der Waals surface area contributed by atoms with Crippen LogP contribution >= 0.6 is 0 Å². The molecule has 0 N–H and O–H groups in total. The molecule has 18 heavy (non-hydrogen) atoms. The Balaban J connectivity index is 0.000000180. The van der Waals surface area contributed by atoms with Crippen molar-refractivity contribution in [2.24, 2.45) is 14.1 Å². The van der Waals surface area contributed by atoms with E-state index >= 15 is 0 Å². The average molecular weight is 250 g/mol. The van der Waals surface area contributed by atoms with E-state index in [0.29, 0.717) is 6.04 Å². The van der Waals surface area contributed by atoms with Crippen LogP contribution in [-0.4, -0.2) is 9.13 Å². The molecule has 0 aliphatic carbocycles. The first-order valence-electron chi connectivity index (χ1n) is 6.49. The van der Waals surface area contributed by atoms with Gasteiger partial charge in [0.25, 0.3) is 5.82 Å². The van der Waals surface area contributed by atoms with Crippen LogP contribution in [0.15, 0.2) is 31.1 Å². The normalized spacial score (nSPS) is 10.4. The molecule has 100 valence electrons. The molecule has 0 fully saturated rings. The summed E-state index contributed by atoms with van der Waals surface area (Å²) in [6.45, 7) is 9.66. The van der Waals surface area contributed by atoms with Crippen LogP contribution in [0.3, 0.4) is 0 Å². The average Bonchev–Trinajstić information content (AvgIpc) is 2.88. The Kier molecular flexibility index (Phi) is 5.13. The lowest BCUT2D eigenvalue weighted by molar-refractivity contribution is -0.699. The van der Waals surface area contributed by atoms with Gasteiger partial charge in [0, 0.05) is 6.92 Å². The van der Waals surface area contributed by atoms with Gasteiger partial charge in [-0.1, -0.05) is 0 Å². The van der Waals surface area contributed by atoms with Gasteiger partial charge < -0.3 is 0 Å². The minimum atomic E-state index is 0.575. The van der Waals surface area contributed by atoms with Crippen LogP contribution in [0.1, 0.15) is 32.6 Å².